The lowest BCUT2D eigenvalue weighted by Crippen LogP contribution is -2.42. The Morgan fingerprint density at radius 2 is 2.08 bits per heavy atom. The molecule has 0 bridgehead atoms. The molecule has 1 fully saturated rings. The van der Waals surface area contributed by atoms with Gasteiger partial charge in [-0.15, -0.1) is 0 Å². The van der Waals surface area contributed by atoms with Gasteiger partial charge in [-0.2, -0.15) is 0 Å². The zero-order valence-electron chi connectivity index (χ0n) is 14.1. The van der Waals surface area contributed by atoms with Crippen LogP contribution in [0.5, 0.6) is 5.75 Å². The number of benzene rings is 1. The van der Waals surface area contributed by atoms with Gasteiger partial charge in [0.15, 0.2) is 6.10 Å². The molecular weight excluding hydrogens is 324 g/mol. The molecule has 0 radical (unpaired) electrons. The fraction of sp³-hybridized carbons (Fsp3) is 0.471. The number of nitrogens with zero attached hydrogens (tertiary/aromatic N) is 1. The summed E-state index contributed by atoms with van der Waals surface area (Å²) in [6, 6.07) is 5.13. The second-order valence-electron chi connectivity index (χ2n) is 6.46. The summed E-state index contributed by atoms with van der Waals surface area (Å²) in [5, 5.41) is 5.57. The molecule has 25 heavy (non-hydrogen) atoms. The molecule has 8 heteroatoms. The number of hydrogen-bond acceptors (Lipinski definition) is 5. The quantitative estimate of drug-likeness (QED) is 0.736. The molecule has 8 nitrogen and oxygen atoms in total. The van der Waals surface area contributed by atoms with E-state index in [-0.39, 0.29) is 30.2 Å². The maximum Gasteiger partial charge on any atom is 0.265 e. The van der Waals surface area contributed by atoms with Gasteiger partial charge in [0.05, 0.1) is 12.2 Å². The molecule has 3 rings (SSSR count). The number of anilines is 2. The van der Waals surface area contributed by atoms with Crippen molar-refractivity contribution in [3.8, 4) is 5.75 Å². The number of hydrogen-bond donors (Lipinski definition) is 3. The number of nitrogens with one attached hydrogen (secondary N) is 2. The Kier molecular flexibility index (Phi) is 4.89. The molecule has 2 aliphatic rings. The predicted octanol–water partition coefficient (Wildman–Crippen LogP) is 0.542. The van der Waals surface area contributed by atoms with Crippen LogP contribution in [0, 0.1) is 5.92 Å². The van der Waals surface area contributed by atoms with E-state index >= 15 is 0 Å². The van der Waals surface area contributed by atoms with Gasteiger partial charge >= 0.3 is 0 Å². The van der Waals surface area contributed by atoms with Crippen molar-refractivity contribution >= 4 is 29.1 Å². The van der Waals surface area contributed by atoms with Gasteiger partial charge in [-0.25, -0.2) is 0 Å². The summed E-state index contributed by atoms with van der Waals surface area (Å²) in [5.41, 5.74) is 6.45. The fourth-order valence-corrected chi connectivity index (χ4v) is 3.07. The van der Waals surface area contributed by atoms with Crippen LogP contribution in [-0.2, 0) is 14.4 Å². The summed E-state index contributed by atoms with van der Waals surface area (Å²) in [6.45, 7) is 3.28. The molecule has 1 saturated heterocycles. The third kappa shape index (κ3) is 4.08. The van der Waals surface area contributed by atoms with Gasteiger partial charge in [0, 0.05) is 11.6 Å². The third-order valence-electron chi connectivity index (χ3n) is 4.55. The van der Waals surface area contributed by atoms with E-state index in [2.05, 4.69) is 10.6 Å². The number of carbonyl (C=O) groups excluding carboxylic acids is 3. The third-order valence-corrected chi connectivity index (χ3v) is 4.55. The second-order valence-corrected chi connectivity index (χ2v) is 6.46. The van der Waals surface area contributed by atoms with Crippen LogP contribution in [0.3, 0.4) is 0 Å². The summed E-state index contributed by atoms with van der Waals surface area (Å²) < 4.78 is 5.48. The number of ether oxygens (including phenoxy) is 1. The molecule has 1 unspecified atom stereocenters. The number of piperidine rings is 1. The minimum absolute atomic E-state index is 0.0917. The van der Waals surface area contributed by atoms with Crippen LogP contribution in [0.25, 0.3) is 0 Å². The van der Waals surface area contributed by atoms with Gasteiger partial charge in [0.25, 0.3) is 5.91 Å². The number of primary amides is 1. The molecule has 2 heterocycles. The monoisotopic (exact) mass is 346 g/mol. The van der Waals surface area contributed by atoms with Crippen molar-refractivity contribution < 1.29 is 19.1 Å². The molecule has 0 saturated carbocycles. The van der Waals surface area contributed by atoms with E-state index in [1.807, 2.05) is 4.90 Å². The van der Waals surface area contributed by atoms with Crippen LogP contribution in [0.2, 0.25) is 0 Å². The average Bonchev–Trinajstić information content (AvgIpc) is 2.56. The number of carbonyl (C=O) groups is 3. The Morgan fingerprint density at radius 3 is 2.76 bits per heavy atom. The van der Waals surface area contributed by atoms with Crippen molar-refractivity contribution in [2.75, 3.05) is 30.3 Å². The van der Waals surface area contributed by atoms with E-state index in [1.165, 1.54) is 0 Å². The lowest BCUT2D eigenvalue weighted by molar-refractivity contribution is -0.124. The van der Waals surface area contributed by atoms with Crippen LogP contribution in [0.4, 0.5) is 11.4 Å². The van der Waals surface area contributed by atoms with Crippen LogP contribution < -0.4 is 21.1 Å². The molecule has 1 aromatic carbocycles. The fourth-order valence-electron chi connectivity index (χ4n) is 3.07. The van der Waals surface area contributed by atoms with Crippen LogP contribution in [0.15, 0.2) is 18.2 Å². The van der Waals surface area contributed by atoms with E-state index in [1.54, 1.807) is 25.1 Å². The van der Waals surface area contributed by atoms with Crippen molar-refractivity contribution in [1.29, 1.82) is 0 Å². The van der Waals surface area contributed by atoms with E-state index < -0.39 is 6.10 Å². The van der Waals surface area contributed by atoms with Crippen LogP contribution in [-0.4, -0.2) is 48.4 Å². The summed E-state index contributed by atoms with van der Waals surface area (Å²) in [5.74, 6) is -0.136. The Morgan fingerprint density at radius 1 is 1.36 bits per heavy atom. The first-order valence-corrected chi connectivity index (χ1v) is 8.35. The highest BCUT2D eigenvalue weighted by Gasteiger charge is 2.25. The first-order valence-electron chi connectivity index (χ1n) is 8.35. The molecule has 0 spiro atoms. The van der Waals surface area contributed by atoms with Gasteiger partial charge in [0.2, 0.25) is 11.8 Å². The second kappa shape index (κ2) is 7.10. The van der Waals surface area contributed by atoms with Crippen LogP contribution >= 0.6 is 0 Å². The first kappa shape index (κ1) is 17.2. The lowest BCUT2D eigenvalue weighted by atomic mass is 9.96. The van der Waals surface area contributed by atoms with Gasteiger partial charge < -0.3 is 21.1 Å². The van der Waals surface area contributed by atoms with E-state index in [0.29, 0.717) is 43.1 Å². The largest absolute Gasteiger partial charge is 0.479 e. The maximum absolute atomic E-state index is 12.2. The molecule has 0 aromatic heterocycles. The Bertz CT molecular complexity index is 698. The molecule has 1 atom stereocenters. The molecule has 2 aliphatic heterocycles. The van der Waals surface area contributed by atoms with Crippen molar-refractivity contribution in [3.63, 3.8) is 0 Å². The summed E-state index contributed by atoms with van der Waals surface area (Å²) >= 11 is 0. The number of fused-ring (bicyclic) bond motifs is 1. The minimum Gasteiger partial charge on any atom is -0.479 e. The number of rotatable bonds is 4. The van der Waals surface area contributed by atoms with E-state index in [9.17, 15) is 14.4 Å². The summed E-state index contributed by atoms with van der Waals surface area (Å²) in [7, 11) is 0. The highest BCUT2D eigenvalue weighted by molar-refractivity contribution is 5.99. The first-order chi connectivity index (χ1) is 11.9. The van der Waals surface area contributed by atoms with E-state index in [0.717, 1.165) is 0 Å². The van der Waals surface area contributed by atoms with Crippen LogP contribution in [0.1, 0.15) is 19.8 Å². The van der Waals surface area contributed by atoms with Crippen molar-refractivity contribution in [2.45, 2.75) is 25.9 Å². The van der Waals surface area contributed by atoms with Gasteiger partial charge in [-0.1, -0.05) is 0 Å². The van der Waals surface area contributed by atoms with Crippen molar-refractivity contribution in [1.82, 2.24) is 4.90 Å². The minimum atomic E-state index is -0.531. The average molecular weight is 346 g/mol. The summed E-state index contributed by atoms with van der Waals surface area (Å²) in [6.07, 6.45) is 0.836. The van der Waals surface area contributed by atoms with Gasteiger partial charge in [-0.05, 0) is 51.1 Å². The standard InChI is InChI=1S/C17H22N4O4/c1-10-17(24)20-13-8-12(2-3-14(13)25-10)19-15(22)9-21-6-4-11(5-7-21)16(18)23/h2-3,8,10-11H,4-7,9H2,1H3,(H2,18,23)(H,19,22)(H,20,24). The normalized spacial score (nSPS) is 21.0. The van der Waals surface area contributed by atoms with Gasteiger partial charge in [0.1, 0.15) is 5.75 Å². The smallest absolute Gasteiger partial charge is 0.265 e. The van der Waals surface area contributed by atoms with Crippen molar-refractivity contribution in [2.24, 2.45) is 11.7 Å². The lowest BCUT2D eigenvalue weighted by Gasteiger charge is -2.29. The molecule has 4 N–H and O–H groups in total. The number of likely N-dealkylation sites (tertiary alicyclic amines) is 1. The Labute approximate surface area is 145 Å². The SMILES string of the molecule is CC1Oc2ccc(NC(=O)CN3CCC(C(N)=O)CC3)cc2NC1=O. The summed E-state index contributed by atoms with van der Waals surface area (Å²) in [4.78, 5) is 37.1. The zero-order chi connectivity index (χ0) is 18.0. The molecule has 3 amide bonds. The number of nitrogens with two attached hydrogens (primary N) is 1. The van der Waals surface area contributed by atoms with Crippen molar-refractivity contribution in [3.05, 3.63) is 18.2 Å². The number of amides is 3. The molecular formula is C17H22N4O4. The molecule has 0 aliphatic carbocycles. The molecule has 1 aromatic rings. The Balaban J connectivity index is 1.54. The van der Waals surface area contributed by atoms with Gasteiger partial charge in [-0.3, -0.25) is 19.3 Å². The highest BCUT2D eigenvalue weighted by atomic mass is 16.5. The maximum atomic E-state index is 12.2. The zero-order valence-corrected chi connectivity index (χ0v) is 14.1. The Hall–Kier alpha value is -2.61. The van der Waals surface area contributed by atoms with E-state index in [4.69, 9.17) is 10.5 Å². The predicted molar refractivity (Wildman–Crippen MR) is 92.1 cm³/mol. The molecule has 134 valence electrons. The highest BCUT2D eigenvalue weighted by Crippen LogP contribution is 2.32. The topological polar surface area (TPSA) is 114 Å².